The molecule has 1 atom stereocenters. The average molecular weight is 413 g/mol. The standard InChI is InChI=1S/C19H15N3O4S2/c1-28(26)11-6-7-16-15(8-11)20-17(27-16)10-22-19(25)13-5-3-2-4-12(13)14(21-22)9-18(23)24/h2-8H,9-10H2,1H3,(H,23,24). The van der Waals surface area contributed by atoms with Crippen molar-refractivity contribution in [2.24, 2.45) is 0 Å². The van der Waals surface area contributed by atoms with Crippen LogP contribution in [-0.4, -0.2) is 36.3 Å². The van der Waals surface area contributed by atoms with Crippen LogP contribution in [0.2, 0.25) is 0 Å². The highest BCUT2D eigenvalue weighted by Crippen LogP contribution is 2.24. The van der Waals surface area contributed by atoms with Gasteiger partial charge in [0.1, 0.15) is 5.01 Å². The van der Waals surface area contributed by atoms with E-state index in [0.29, 0.717) is 31.9 Å². The molecule has 28 heavy (non-hydrogen) atoms. The third-order valence-corrected chi connectivity index (χ3v) is 6.22. The molecule has 2 aromatic heterocycles. The van der Waals surface area contributed by atoms with Gasteiger partial charge >= 0.3 is 5.97 Å². The number of fused-ring (bicyclic) bond motifs is 2. The maximum atomic E-state index is 12.8. The zero-order valence-corrected chi connectivity index (χ0v) is 16.4. The Balaban J connectivity index is 1.80. The first kappa shape index (κ1) is 18.5. The van der Waals surface area contributed by atoms with E-state index in [0.717, 1.165) is 4.70 Å². The first-order valence-corrected chi connectivity index (χ1v) is 10.7. The maximum absolute atomic E-state index is 12.8. The number of hydrogen-bond acceptors (Lipinski definition) is 6. The molecule has 7 nitrogen and oxygen atoms in total. The molecule has 1 N–H and O–H groups in total. The molecule has 0 amide bonds. The van der Waals surface area contributed by atoms with E-state index < -0.39 is 16.8 Å². The predicted molar refractivity (Wildman–Crippen MR) is 108 cm³/mol. The molecule has 0 aliphatic heterocycles. The van der Waals surface area contributed by atoms with E-state index >= 15 is 0 Å². The average Bonchev–Trinajstić information content (AvgIpc) is 3.06. The first-order valence-electron chi connectivity index (χ1n) is 8.36. The minimum Gasteiger partial charge on any atom is -0.481 e. The van der Waals surface area contributed by atoms with Crippen LogP contribution in [0.15, 0.2) is 52.2 Å². The number of carboxylic acids is 1. The predicted octanol–water partition coefficient (Wildman–Crippen LogP) is 2.42. The SMILES string of the molecule is CS(=O)c1ccc2sc(Cn3nc(CC(=O)O)c4ccccc4c3=O)nc2c1. The Hall–Kier alpha value is -2.91. The molecule has 0 saturated heterocycles. The van der Waals surface area contributed by atoms with Crippen LogP contribution in [0.1, 0.15) is 10.7 Å². The Kier molecular flexibility index (Phi) is 4.78. The van der Waals surface area contributed by atoms with Gasteiger partial charge in [-0.3, -0.25) is 13.8 Å². The number of aliphatic carboxylic acids is 1. The van der Waals surface area contributed by atoms with Gasteiger partial charge in [-0.05, 0) is 24.3 Å². The summed E-state index contributed by atoms with van der Waals surface area (Å²) in [5, 5.41) is 15.1. The Morgan fingerprint density at radius 2 is 1.96 bits per heavy atom. The summed E-state index contributed by atoms with van der Waals surface area (Å²) in [4.78, 5) is 29.2. The van der Waals surface area contributed by atoms with Crippen LogP contribution in [0.4, 0.5) is 0 Å². The molecule has 0 fully saturated rings. The fraction of sp³-hybridized carbons (Fsp3) is 0.158. The summed E-state index contributed by atoms with van der Waals surface area (Å²) in [5.74, 6) is -1.01. The van der Waals surface area contributed by atoms with Crippen molar-refractivity contribution in [3.8, 4) is 0 Å². The van der Waals surface area contributed by atoms with Crippen molar-refractivity contribution in [2.45, 2.75) is 17.9 Å². The topological polar surface area (TPSA) is 102 Å². The summed E-state index contributed by atoms with van der Waals surface area (Å²) in [6, 6.07) is 12.3. The highest BCUT2D eigenvalue weighted by Gasteiger charge is 2.15. The van der Waals surface area contributed by atoms with Crippen molar-refractivity contribution in [3.05, 3.63) is 63.5 Å². The van der Waals surface area contributed by atoms with Crippen molar-refractivity contribution in [1.82, 2.24) is 14.8 Å². The smallest absolute Gasteiger partial charge is 0.309 e. The fourth-order valence-corrected chi connectivity index (χ4v) is 4.48. The van der Waals surface area contributed by atoms with Gasteiger partial charge in [0.2, 0.25) is 0 Å². The van der Waals surface area contributed by atoms with E-state index in [2.05, 4.69) is 10.1 Å². The van der Waals surface area contributed by atoms with Gasteiger partial charge in [0.15, 0.2) is 0 Å². The van der Waals surface area contributed by atoms with Gasteiger partial charge in [-0.15, -0.1) is 11.3 Å². The zero-order chi connectivity index (χ0) is 19.8. The third kappa shape index (κ3) is 3.46. The second-order valence-corrected chi connectivity index (χ2v) is 8.71. The van der Waals surface area contributed by atoms with Crippen LogP contribution in [0.5, 0.6) is 0 Å². The molecule has 0 saturated carbocycles. The van der Waals surface area contributed by atoms with Crippen LogP contribution < -0.4 is 5.56 Å². The number of nitrogens with zero attached hydrogens (tertiary/aromatic N) is 3. The van der Waals surface area contributed by atoms with Crippen molar-refractivity contribution in [2.75, 3.05) is 6.26 Å². The Morgan fingerprint density at radius 1 is 1.21 bits per heavy atom. The van der Waals surface area contributed by atoms with E-state index in [4.69, 9.17) is 0 Å². The summed E-state index contributed by atoms with van der Waals surface area (Å²) in [6.45, 7) is 0.139. The second kappa shape index (κ2) is 7.25. The number of thiazole rings is 1. The molecule has 0 bridgehead atoms. The van der Waals surface area contributed by atoms with Crippen molar-refractivity contribution < 1.29 is 14.1 Å². The van der Waals surface area contributed by atoms with Gasteiger partial charge in [-0.1, -0.05) is 18.2 Å². The van der Waals surface area contributed by atoms with Gasteiger partial charge in [0.25, 0.3) is 5.56 Å². The summed E-state index contributed by atoms with van der Waals surface area (Å²) < 4.78 is 13.8. The van der Waals surface area contributed by atoms with Crippen LogP contribution >= 0.6 is 11.3 Å². The highest BCUT2D eigenvalue weighted by atomic mass is 32.2. The molecule has 0 aliphatic rings. The summed E-state index contributed by atoms with van der Waals surface area (Å²) in [5.41, 5.74) is 0.763. The largest absolute Gasteiger partial charge is 0.481 e. The number of hydrogen-bond donors (Lipinski definition) is 1. The highest BCUT2D eigenvalue weighted by molar-refractivity contribution is 7.84. The molecule has 0 aliphatic carbocycles. The normalized spacial score (nSPS) is 12.5. The van der Waals surface area contributed by atoms with Gasteiger partial charge in [0, 0.05) is 27.3 Å². The molecule has 9 heteroatoms. The molecule has 1 unspecified atom stereocenters. The molecule has 0 spiro atoms. The summed E-state index contributed by atoms with van der Waals surface area (Å²) in [7, 11) is -1.10. The number of aromatic nitrogens is 3. The van der Waals surface area contributed by atoms with E-state index in [1.807, 2.05) is 6.07 Å². The van der Waals surface area contributed by atoms with E-state index in [-0.39, 0.29) is 18.5 Å². The number of carbonyl (C=O) groups is 1. The lowest BCUT2D eigenvalue weighted by molar-refractivity contribution is -0.136. The first-order chi connectivity index (χ1) is 13.4. The monoisotopic (exact) mass is 413 g/mol. The molecule has 4 rings (SSSR count). The fourth-order valence-electron chi connectivity index (χ4n) is 3.02. The van der Waals surface area contributed by atoms with Crippen LogP contribution in [0, 0.1) is 0 Å². The lowest BCUT2D eigenvalue weighted by Gasteiger charge is -2.08. The van der Waals surface area contributed by atoms with Gasteiger partial charge in [-0.25, -0.2) is 9.67 Å². The molecular formula is C19H15N3O4S2. The van der Waals surface area contributed by atoms with Crippen LogP contribution in [-0.2, 0) is 28.6 Å². The van der Waals surface area contributed by atoms with Gasteiger partial charge in [0.05, 0.1) is 34.3 Å². The third-order valence-electron chi connectivity index (χ3n) is 4.28. The van der Waals surface area contributed by atoms with E-state index in [1.54, 1.807) is 42.7 Å². The minimum absolute atomic E-state index is 0.139. The van der Waals surface area contributed by atoms with Gasteiger partial charge < -0.3 is 5.11 Å². The quantitative estimate of drug-likeness (QED) is 0.539. The minimum atomic E-state index is -1.10. The van der Waals surface area contributed by atoms with E-state index in [9.17, 15) is 18.9 Å². The Bertz CT molecular complexity index is 1310. The van der Waals surface area contributed by atoms with Crippen molar-refractivity contribution in [3.63, 3.8) is 0 Å². The van der Waals surface area contributed by atoms with E-state index in [1.165, 1.54) is 16.0 Å². The maximum Gasteiger partial charge on any atom is 0.309 e. The lowest BCUT2D eigenvalue weighted by atomic mass is 10.1. The van der Waals surface area contributed by atoms with Gasteiger partial charge in [-0.2, -0.15) is 5.10 Å². The second-order valence-electron chi connectivity index (χ2n) is 6.22. The summed E-state index contributed by atoms with van der Waals surface area (Å²) >= 11 is 1.42. The van der Waals surface area contributed by atoms with Crippen molar-refractivity contribution >= 4 is 49.1 Å². The molecule has 2 heterocycles. The Morgan fingerprint density at radius 3 is 2.68 bits per heavy atom. The lowest BCUT2D eigenvalue weighted by Crippen LogP contribution is -2.26. The number of carboxylic acid groups (broad SMARTS) is 1. The van der Waals surface area contributed by atoms with Crippen LogP contribution in [0.3, 0.4) is 0 Å². The number of rotatable bonds is 5. The summed E-state index contributed by atoms with van der Waals surface area (Å²) in [6.07, 6.45) is 1.34. The zero-order valence-electron chi connectivity index (χ0n) is 14.8. The van der Waals surface area contributed by atoms with Crippen LogP contribution in [0.25, 0.3) is 21.0 Å². The molecular weight excluding hydrogens is 398 g/mol. The Labute approximate surface area is 165 Å². The number of benzene rings is 2. The van der Waals surface area contributed by atoms with Crippen molar-refractivity contribution in [1.29, 1.82) is 0 Å². The molecule has 0 radical (unpaired) electrons. The molecule has 4 aromatic rings. The molecule has 2 aromatic carbocycles. The molecule has 142 valence electrons.